The highest BCUT2D eigenvalue weighted by Gasteiger charge is 2.60. The maximum Gasteiger partial charge on any atom is 0.406 e. The fourth-order valence-corrected chi connectivity index (χ4v) is 12.3. The summed E-state index contributed by atoms with van der Waals surface area (Å²) in [6, 6.07) is 14.8. The molecule has 0 bridgehead atoms. The third-order valence-corrected chi connectivity index (χ3v) is 15.5. The van der Waals surface area contributed by atoms with Gasteiger partial charge in [-0.05, 0) is 139 Å². The Hall–Kier alpha value is -4.16. The van der Waals surface area contributed by atoms with Gasteiger partial charge in [-0.1, -0.05) is 70.8 Å². The molecule has 4 aliphatic heterocycles. The summed E-state index contributed by atoms with van der Waals surface area (Å²) in [5, 5.41) is 3.39. The van der Waals surface area contributed by atoms with Crippen LogP contribution in [-0.2, 0) is 37.6 Å². The molecule has 17 heteroatoms. The lowest BCUT2D eigenvalue weighted by Gasteiger charge is -2.35. The molecule has 0 aromatic heterocycles. The zero-order valence-corrected chi connectivity index (χ0v) is 40.1. The Balaban J connectivity index is 0.000000223. The first-order valence-corrected chi connectivity index (χ1v) is 24.8. The van der Waals surface area contributed by atoms with Crippen LogP contribution in [0.15, 0.2) is 70.5 Å². The van der Waals surface area contributed by atoms with E-state index in [1.165, 1.54) is 42.5 Å². The summed E-state index contributed by atoms with van der Waals surface area (Å²) in [6.07, 6.45) is -2.62. The van der Waals surface area contributed by atoms with Gasteiger partial charge < -0.3 is 15.0 Å². The van der Waals surface area contributed by atoms with Crippen LogP contribution in [0.5, 0.6) is 0 Å². The minimum atomic E-state index is -4.72. The van der Waals surface area contributed by atoms with Gasteiger partial charge in [-0.25, -0.2) is 16.8 Å². The summed E-state index contributed by atoms with van der Waals surface area (Å²) >= 11 is 0. The molecule has 4 aromatic carbocycles. The number of sulfonamides is 2. The minimum absolute atomic E-state index is 0. The van der Waals surface area contributed by atoms with Crippen LogP contribution in [0.4, 0.5) is 37.7 Å². The highest BCUT2D eigenvalue weighted by Crippen LogP contribution is 2.41. The number of aryl methyl sites for hydroxylation is 10. The monoisotopic (exact) mass is 955 g/mol. The number of hydrogen-bond donors (Lipinski definition) is 2. The van der Waals surface area contributed by atoms with Crippen LogP contribution in [0.1, 0.15) is 82.7 Å². The van der Waals surface area contributed by atoms with Gasteiger partial charge in [0, 0.05) is 52.2 Å². The van der Waals surface area contributed by atoms with E-state index >= 15 is 0 Å². The molecule has 3 atom stereocenters. The summed E-state index contributed by atoms with van der Waals surface area (Å²) < 4.78 is 137. The van der Waals surface area contributed by atoms with E-state index in [0.29, 0.717) is 33.1 Å². The Labute approximate surface area is 382 Å². The average molecular weight is 956 g/mol. The molecule has 65 heavy (non-hydrogen) atoms. The largest absolute Gasteiger partial charge is 0.406 e. The zero-order chi connectivity index (χ0) is 48.1. The number of hydrogen-bond acceptors (Lipinski definition) is 7. The molecule has 360 valence electrons. The SMILES string of the molecule is C1CCOC1.Cc1cc(C)c(S(=O)(=O)N2CC2C(F)(F)F)c(C)c1.Cc1cc(C)c(S(=O)(=O)NC(CN2CCCc3cc(C)ccc32)C(F)(F)F)c(C)c1.Cc1ccc2c(c1)CCCN2.[2HH]. The Morgan fingerprint density at radius 3 is 1.72 bits per heavy atom. The van der Waals surface area contributed by atoms with E-state index in [9.17, 15) is 43.2 Å². The number of nitrogens with zero attached hydrogens (tertiary/aromatic N) is 2. The van der Waals surface area contributed by atoms with Crippen molar-refractivity contribution in [3.05, 3.63) is 116 Å². The molecule has 4 aromatic rings. The smallest absolute Gasteiger partial charge is 0.385 e. The number of nitrogens with one attached hydrogen (secondary N) is 2. The highest BCUT2D eigenvalue weighted by atomic mass is 32.2. The third-order valence-electron chi connectivity index (χ3n) is 11.6. The van der Waals surface area contributed by atoms with Crippen LogP contribution < -0.4 is 14.9 Å². The standard InChI is InChI=1S/C22H27F3N2O2S.C12H14F3NO2S.C10H13N.C4H8O.H2/c1-14-7-8-19-18(12-14)6-5-9-27(19)13-20(22(23,24)25)26-30(28,29)21-16(3)10-15(2)11-17(21)4;1-7-4-8(2)11(9(3)5-7)19(17,18)16-6-10(16)12(13,14)15;1-8-4-5-10-9(7-8)3-2-6-11-10;1-2-4-5-3-1;/h7-8,10-12,20,26H,5-6,9,13H2,1-4H3;4-5,10H,6H2,1-3H3;4-5,7,11H,2-3,6H2,1H3;1-4H2;1H/i;;;;1+1. The normalized spacial score (nSPS) is 18.6. The van der Waals surface area contributed by atoms with Crippen LogP contribution >= 0.6 is 0 Å². The van der Waals surface area contributed by atoms with Crippen molar-refractivity contribution in [2.75, 3.05) is 49.6 Å². The zero-order valence-electron chi connectivity index (χ0n) is 38.4. The average Bonchev–Trinajstić information content (AvgIpc) is 3.82. The first kappa shape index (κ1) is 51.8. The van der Waals surface area contributed by atoms with E-state index < -0.39 is 57.6 Å². The van der Waals surface area contributed by atoms with E-state index in [1.54, 1.807) is 56.9 Å². The molecule has 0 radical (unpaired) electrons. The molecule has 8 rings (SSSR count). The molecular weight excluding hydrogens is 891 g/mol. The van der Waals surface area contributed by atoms with Crippen molar-refractivity contribution in [1.29, 1.82) is 0 Å². The molecule has 9 nitrogen and oxygen atoms in total. The van der Waals surface area contributed by atoms with E-state index in [1.807, 2.05) is 43.7 Å². The first-order chi connectivity index (χ1) is 30.3. The van der Waals surface area contributed by atoms with E-state index in [-0.39, 0.29) is 11.2 Å². The van der Waals surface area contributed by atoms with Gasteiger partial charge in [-0.3, -0.25) is 0 Å². The van der Waals surface area contributed by atoms with Gasteiger partial charge in [0.1, 0.15) is 12.1 Å². The predicted molar refractivity (Wildman–Crippen MR) is 247 cm³/mol. The summed E-state index contributed by atoms with van der Waals surface area (Å²) in [6.45, 7) is 16.7. The molecule has 3 unspecified atom stereocenters. The number of fused-ring (bicyclic) bond motifs is 2. The molecule has 4 heterocycles. The van der Waals surface area contributed by atoms with Crippen LogP contribution in [-0.4, -0.2) is 85.0 Å². The summed E-state index contributed by atoms with van der Waals surface area (Å²) in [5.74, 6) is 0. The van der Waals surface area contributed by atoms with Gasteiger partial charge in [0.2, 0.25) is 20.0 Å². The molecule has 0 amide bonds. The lowest BCUT2D eigenvalue weighted by molar-refractivity contribution is -0.149. The number of rotatable bonds is 7. The first-order valence-electron chi connectivity index (χ1n) is 21.9. The van der Waals surface area contributed by atoms with Crippen molar-refractivity contribution < 1.29 is 49.3 Å². The van der Waals surface area contributed by atoms with Gasteiger partial charge in [-0.15, -0.1) is 0 Å². The summed E-state index contributed by atoms with van der Waals surface area (Å²) in [4.78, 5) is 1.54. The van der Waals surface area contributed by atoms with E-state index in [0.717, 1.165) is 60.5 Å². The van der Waals surface area contributed by atoms with Crippen LogP contribution in [0, 0.1) is 55.4 Å². The fraction of sp³-hybridized carbons (Fsp3) is 0.500. The van der Waals surface area contributed by atoms with Gasteiger partial charge in [0.15, 0.2) is 0 Å². The van der Waals surface area contributed by atoms with Crippen molar-refractivity contribution in [2.45, 2.75) is 128 Å². The number of halogens is 6. The van der Waals surface area contributed by atoms with Crippen molar-refractivity contribution in [2.24, 2.45) is 0 Å². The Morgan fingerprint density at radius 2 is 1.22 bits per heavy atom. The molecule has 0 saturated carbocycles. The number of ether oxygens (including phenoxy) is 1. The second-order valence-corrected chi connectivity index (χ2v) is 21.0. The third kappa shape index (κ3) is 13.7. The molecule has 2 saturated heterocycles. The topological polar surface area (TPSA) is 108 Å². The Bertz CT molecular complexity index is 2480. The van der Waals surface area contributed by atoms with Crippen molar-refractivity contribution in [3.8, 4) is 0 Å². The summed E-state index contributed by atoms with van der Waals surface area (Å²) in [5.41, 5.74) is 10.5. The second kappa shape index (κ2) is 21.2. The molecular formula is C48H64F6N4O5S2. The molecule has 2 fully saturated rings. The van der Waals surface area contributed by atoms with Crippen LogP contribution in [0.3, 0.4) is 0 Å². The lowest BCUT2D eigenvalue weighted by atomic mass is 9.99. The predicted octanol–water partition coefficient (Wildman–Crippen LogP) is 10.5. The van der Waals surface area contributed by atoms with Crippen LogP contribution in [0.2, 0.25) is 0 Å². The molecule has 4 aliphatic rings. The van der Waals surface area contributed by atoms with E-state index in [4.69, 9.17) is 4.74 Å². The van der Waals surface area contributed by atoms with Crippen molar-refractivity contribution in [3.63, 3.8) is 0 Å². The maximum absolute atomic E-state index is 13.9. The highest BCUT2D eigenvalue weighted by molar-refractivity contribution is 7.89. The van der Waals surface area contributed by atoms with Gasteiger partial charge in [0.25, 0.3) is 0 Å². The quantitative estimate of drug-likeness (QED) is 0.140. The number of benzene rings is 4. The van der Waals surface area contributed by atoms with Gasteiger partial charge in [0.05, 0.1) is 9.79 Å². The van der Waals surface area contributed by atoms with Crippen molar-refractivity contribution in [1.82, 2.24) is 9.03 Å². The number of anilines is 2. The Kier molecular flexibility index (Phi) is 16.9. The fourth-order valence-electron chi connectivity index (χ4n) is 8.72. The van der Waals surface area contributed by atoms with Crippen molar-refractivity contribution >= 4 is 31.4 Å². The van der Waals surface area contributed by atoms with Gasteiger partial charge in [-0.2, -0.15) is 35.4 Å². The van der Waals surface area contributed by atoms with Crippen LogP contribution in [0.25, 0.3) is 0 Å². The molecule has 0 spiro atoms. The Morgan fingerprint density at radius 1 is 0.692 bits per heavy atom. The summed E-state index contributed by atoms with van der Waals surface area (Å²) in [7, 11) is -8.42. The molecule has 2 N–H and O–H groups in total. The van der Waals surface area contributed by atoms with E-state index in [2.05, 4.69) is 30.4 Å². The second-order valence-electron chi connectivity index (χ2n) is 17.5. The number of alkyl halides is 6. The minimum Gasteiger partial charge on any atom is -0.385 e. The maximum atomic E-state index is 13.9. The lowest BCUT2D eigenvalue weighted by Crippen LogP contribution is -2.53. The van der Waals surface area contributed by atoms with Gasteiger partial charge >= 0.3 is 12.4 Å². The molecule has 0 aliphatic carbocycles.